The first-order valence-electron chi connectivity index (χ1n) is 9.21. The van der Waals surface area contributed by atoms with Crippen LogP contribution in [-0.4, -0.2) is 47.4 Å². The van der Waals surface area contributed by atoms with E-state index in [2.05, 4.69) is 5.10 Å². The number of hydrogen-bond donors (Lipinski definition) is 0. The molecule has 1 saturated heterocycles. The van der Waals surface area contributed by atoms with Crippen molar-refractivity contribution in [2.24, 2.45) is 5.92 Å². The molecule has 0 saturated carbocycles. The third kappa shape index (κ3) is 4.18. The number of nitrogens with zero attached hydrogens (tertiary/aromatic N) is 3. The van der Waals surface area contributed by atoms with Gasteiger partial charge in [0.2, 0.25) is 0 Å². The van der Waals surface area contributed by atoms with Crippen LogP contribution in [0.3, 0.4) is 0 Å². The molecule has 1 aromatic carbocycles. The summed E-state index contributed by atoms with van der Waals surface area (Å²) in [5, 5.41) is 4.39. The predicted molar refractivity (Wildman–Crippen MR) is 99.8 cm³/mol. The number of amides is 1. The fraction of sp³-hybridized carbons (Fsp3) is 0.500. The van der Waals surface area contributed by atoms with E-state index in [1.165, 1.54) is 0 Å². The first kappa shape index (κ1) is 18.3. The summed E-state index contributed by atoms with van der Waals surface area (Å²) in [6, 6.07) is 7.60. The molecule has 2 aromatic rings. The van der Waals surface area contributed by atoms with Crippen molar-refractivity contribution >= 4 is 5.91 Å². The van der Waals surface area contributed by atoms with E-state index in [0.29, 0.717) is 18.1 Å². The van der Waals surface area contributed by atoms with Gasteiger partial charge in [0.15, 0.2) is 0 Å². The summed E-state index contributed by atoms with van der Waals surface area (Å²) in [5.41, 5.74) is 1.51. The second-order valence-corrected chi connectivity index (χ2v) is 6.73. The van der Waals surface area contributed by atoms with E-state index in [0.717, 1.165) is 49.7 Å². The summed E-state index contributed by atoms with van der Waals surface area (Å²) >= 11 is 0. The van der Waals surface area contributed by atoms with Gasteiger partial charge in [-0.1, -0.05) is 0 Å². The third-order valence-corrected chi connectivity index (χ3v) is 4.85. The number of carbonyl (C=O) groups is 1. The van der Waals surface area contributed by atoms with Gasteiger partial charge in [-0.25, -0.2) is 0 Å². The molecule has 26 heavy (non-hydrogen) atoms. The number of rotatable bonds is 6. The van der Waals surface area contributed by atoms with Crippen LogP contribution in [0.15, 0.2) is 30.5 Å². The molecule has 1 fully saturated rings. The van der Waals surface area contributed by atoms with Crippen LogP contribution in [0.2, 0.25) is 0 Å². The van der Waals surface area contributed by atoms with Crippen molar-refractivity contribution in [3.05, 3.63) is 41.7 Å². The highest BCUT2D eigenvalue weighted by atomic mass is 16.5. The third-order valence-electron chi connectivity index (χ3n) is 4.85. The molecule has 0 radical (unpaired) electrons. The number of aryl methyl sites for hydroxylation is 2. The summed E-state index contributed by atoms with van der Waals surface area (Å²) in [6.07, 6.45) is 3.94. The lowest BCUT2D eigenvalue weighted by atomic mass is 9.98. The van der Waals surface area contributed by atoms with Crippen LogP contribution in [0.1, 0.15) is 35.8 Å². The second-order valence-electron chi connectivity index (χ2n) is 6.73. The van der Waals surface area contributed by atoms with E-state index in [1.54, 1.807) is 7.11 Å². The van der Waals surface area contributed by atoms with E-state index in [-0.39, 0.29) is 5.91 Å². The number of hydrogen-bond acceptors (Lipinski definition) is 4. The lowest BCUT2D eigenvalue weighted by Crippen LogP contribution is -2.41. The molecule has 3 rings (SSSR count). The first-order valence-corrected chi connectivity index (χ1v) is 9.21. The summed E-state index contributed by atoms with van der Waals surface area (Å²) in [6.45, 7) is 6.83. The van der Waals surface area contributed by atoms with Crippen LogP contribution in [0.5, 0.6) is 11.5 Å². The highest BCUT2D eigenvalue weighted by Gasteiger charge is 2.26. The quantitative estimate of drug-likeness (QED) is 0.797. The van der Waals surface area contributed by atoms with Crippen LogP contribution < -0.4 is 9.47 Å². The summed E-state index contributed by atoms with van der Waals surface area (Å²) in [7, 11) is 1.65. The Morgan fingerprint density at radius 1 is 1.27 bits per heavy atom. The minimum atomic E-state index is 0.0800. The topological polar surface area (TPSA) is 56.6 Å². The SMILES string of the molecule is CCn1cc(C(=O)N2CCC[C@@H](COc3ccc(OC)cc3)C2)c(C)n1. The normalized spacial score (nSPS) is 17.2. The zero-order valence-electron chi connectivity index (χ0n) is 15.8. The Kier molecular flexibility index (Phi) is 5.81. The second kappa shape index (κ2) is 8.25. The largest absolute Gasteiger partial charge is 0.497 e. The maximum atomic E-state index is 12.9. The molecule has 0 unspecified atom stereocenters. The average molecular weight is 357 g/mol. The maximum absolute atomic E-state index is 12.9. The predicted octanol–water partition coefficient (Wildman–Crippen LogP) is 3.15. The number of piperidine rings is 1. The van der Waals surface area contributed by atoms with Gasteiger partial charge in [0.1, 0.15) is 11.5 Å². The summed E-state index contributed by atoms with van der Waals surface area (Å²) < 4.78 is 12.9. The van der Waals surface area contributed by atoms with Crippen LogP contribution in [0.25, 0.3) is 0 Å². The van der Waals surface area contributed by atoms with Gasteiger partial charge in [-0.05, 0) is 51.0 Å². The molecule has 1 amide bonds. The Labute approximate surface area is 154 Å². The minimum absolute atomic E-state index is 0.0800. The number of methoxy groups -OCH3 is 1. The van der Waals surface area contributed by atoms with Crippen molar-refractivity contribution in [3.8, 4) is 11.5 Å². The molecule has 1 atom stereocenters. The fourth-order valence-corrected chi connectivity index (χ4v) is 3.33. The van der Waals surface area contributed by atoms with Crippen LogP contribution in [0.4, 0.5) is 0 Å². The number of aromatic nitrogens is 2. The Bertz CT molecular complexity index is 739. The van der Waals surface area contributed by atoms with Crippen molar-refractivity contribution in [2.75, 3.05) is 26.8 Å². The van der Waals surface area contributed by atoms with E-state index in [4.69, 9.17) is 9.47 Å². The number of benzene rings is 1. The molecule has 0 N–H and O–H groups in total. The highest BCUT2D eigenvalue weighted by molar-refractivity contribution is 5.95. The molecule has 1 aliphatic heterocycles. The molecule has 0 aliphatic carbocycles. The molecule has 6 nitrogen and oxygen atoms in total. The highest BCUT2D eigenvalue weighted by Crippen LogP contribution is 2.22. The van der Waals surface area contributed by atoms with Gasteiger partial charge in [0.25, 0.3) is 5.91 Å². The lowest BCUT2D eigenvalue weighted by Gasteiger charge is -2.32. The molecule has 1 aromatic heterocycles. The molecule has 0 spiro atoms. The summed E-state index contributed by atoms with van der Waals surface area (Å²) in [4.78, 5) is 14.8. The van der Waals surface area contributed by atoms with E-state index >= 15 is 0 Å². The standard InChI is InChI=1S/C20H27N3O3/c1-4-23-13-19(15(2)21-23)20(24)22-11-5-6-16(12-22)14-26-18-9-7-17(25-3)8-10-18/h7-10,13,16H,4-6,11-12,14H2,1-3H3/t16-/m1/s1. The van der Waals surface area contributed by atoms with Crippen molar-refractivity contribution in [3.63, 3.8) is 0 Å². The van der Waals surface area contributed by atoms with Crippen molar-refractivity contribution < 1.29 is 14.3 Å². The molecule has 6 heteroatoms. The Morgan fingerprint density at radius 3 is 2.65 bits per heavy atom. The first-order chi connectivity index (χ1) is 12.6. The zero-order chi connectivity index (χ0) is 18.5. The molecule has 140 valence electrons. The Hall–Kier alpha value is -2.50. The van der Waals surface area contributed by atoms with E-state index in [9.17, 15) is 4.79 Å². The van der Waals surface area contributed by atoms with Gasteiger partial charge < -0.3 is 14.4 Å². The minimum Gasteiger partial charge on any atom is -0.497 e. The van der Waals surface area contributed by atoms with Gasteiger partial charge in [0.05, 0.1) is 25.0 Å². The Morgan fingerprint density at radius 2 is 2.00 bits per heavy atom. The van der Waals surface area contributed by atoms with E-state index in [1.807, 2.05) is 53.9 Å². The van der Waals surface area contributed by atoms with Gasteiger partial charge in [-0.15, -0.1) is 0 Å². The average Bonchev–Trinajstić information content (AvgIpc) is 3.07. The zero-order valence-corrected chi connectivity index (χ0v) is 15.8. The number of likely N-dealkylation sites (tertiary alicyclic amines) is 1. The van der Waals surface area contributed by atoms with Crippen LogP contribution in [-0.2, 0) is 6.54 Å². The van der Waals surface area contributed by atoms with Crippen LogP contribution >= 0.6 is 0 Å². The molecule has 1 aliphatic rings. The van der Waals surface area contributed by atoms with E-state index < -0.39 is 0 Å². The number of ether oxygens (including phenoxy) is 2. The molecular formula is C20H27N3O3. The Balaban J connectivity index is 1.57. The van der Waals surface area contributed by atoms with Crippen molar-refractivity contribution in [2.45, 2.75) is 33.2 Å². The molecule has 0 bridgehead atoms. The monoisotopic (exact) mass is 357 g/mol. The fourth-order valence-electron chi connectivity index (χ4n) is 3.33. The number of carbonyl (C=O) groups excluding carboxylic acids is 1. The maximum Gasteiger partial charge on any atom is 0.257 e. The van der Waals surface area contributed by atoms with Crippen LogP contribution in [0, 0.1) is 12.8 Å². The van der Waals surface area contributed by atoms with Gasteiger partial charge in [0, 0.05) is 31.7 Å². The van der Waals surface area contributed by atoms with Gasteiger partial charge >= 0.3 is 0 Å². The van der Waals surface area contributed by atoms with Crippen molar-refractivity contribution in [1.82, 2.24) is 14.7 Å². The van der Waals surface area contributed by atoms with Gasteiger partial charge in [-0.2, -0.15) is 5.10 Å². The smallest absolute Gasteiger partial charge is 0.257 e. The summed E-state index contributed by atoms with van der Waals surface area (Å²) in [5.74, 6) is 2.07. The van der Waals surface area contributed by atoms with Crippen molar-refractivity contribution in [1.29, 1.82) is 0 Å². The molecule has 2 heterocycles. The lowest BCUT2D eigenvalue weighted by molar-refractivity contribution is 0.0632. The molecular weight excluding hydrogens is 330 g/mol. The van der Waals surface area contributed by atoms with Gasteiger partial charge in [-0.3, -0.25) is 9.48 Å².